The highest BCUT2D eigenvalue weighted by atomic mass is 16.8. The summed E-state index contributed by atoms with van der Waals surface area (Å²) in [6.45, 7) is -2.85. The average molecular weight is 1880 g/mol. The summed E-state index contributed by atoms with van der Waals surface area (Å²) in [5, 5.41) is 332. The maximum absolute atomic E-state index is 13.7. The van der Waals surface area contributed by atoms with Crippen LogP contribution in [0.2, 0.25) is 0 Å². The van der Waals surface area contributed by atoms with Crippen molar-refractivity contribution in [2.75, 3.05) is 52.9 Å². The van der Waals surface area contributed by atoms with Crippen LogP contribution in [-0.4, -0.2) is 556 Å². The molecule has 0 spiro atoms. The van der Waals surface area contributed by atoms with Crippen molar-refractivity contribution in [1.82, 2.24) is 16.0 Å². The van der Waals surface area contributed by atoms with Gasteiger partial charge in [-0.15, -0.1) is 0 Å². The molecule has 11 fully saturated rings. The van der Waals surface area contributed by atoms with E-state index in [0.29, 0.717) is 0 Å². The van der Waals surface area contributed by atoms with Crippen LogP contribution in [0.3, 0.4) is 0 Å². The van der Waals surface area contributed by atoms with Crippen LogP contribution in [0, 0.1) is 0 Å². The summed E-state index contributed by atoms with van der Waals surface area (Å²) in [6.07, 6.45) is -108. The molecule has 0 bridgehead atoms. The zero-order chi connectivity index (χ0) is 94.1. The molecule has 3 amide bonds. The molecule has 56 nitrogen and oxygen atoms in total. The summed E-state index contributed by atoms with van der Waals surface area (Å²) in [5.41, 5.74) is 0. The molecule has 11 aliphatic rings. The normalized spacial score (nSPS) is 51.6. The molecule has 11 rings (SSSR count). The van der Waals surface area contributed by atoms with Crippen LogP contribution in [0.4, 0.5) is 0 Å². The lowest BCUT2D eigenvalue weighted by atomic mass is 9.93. The van der Waals surface area contributed by atoms with Crippen molar-refractivity contribution in [2.45, 2.75) is 379 Å². The smallest absolute Gasteiger partial charge is 0.217 e. The Morgan fingerprint density at radius 3 is 0.844 bits per heavy atom. The van der Waals surface area contributed by atoms with Gasteiger partial charge in [-0.05, 0) is 20.8 Å². The highest BCUT2D eigenvalue weighted by Gasteiger charge is 2.63. The SMILES string of the molecule is CC(=O)N[C@H]1[C@H](OC[C@H]2O[C@@H](O[C@H]3[C@H](O)[C@@H](O)[C@@H](O)O[C@@H]3CO)[C@H](O)[C@@H](O[C@@H]3O[C@H](CO)[C@@H](O)[C@H](O[C@@H]4O[C@H](CO)[C@H](O)[C@H](O)[C@H]4O[C@@H]4O[C@@H](C)[C@@H](O)[C@@H](O)[C@@H]4O)[C@H]3NC(C)=O)[C@H]2O)O[C@H](CO)[C@@H](O[C@@H]2O[C@H](CO)[C@H](O)[C@H](O[C@@H]3O[C@H](CO)[C@@H](O)[C@H](O[C@@H]4O[C@H](CO)[C@H](O)[C@H](O)[C@H]4O[C@@H]4O[C@@H](C)[C@@H](O)[C@@H](O)[C@@H]4O)[C@H]3NC(C)=O)[C@H]2O)[C@@H]1O[C@@H]1O[C@@H](C)[C@@H](O)[C@@H](O)[C@@H]1O. The Kier molecular flexibility index (Phi) is 37.0. The molecule has 0 unspecified atom stereocenters. The van der Waals surface area contributed by atoms with Crippen molar-refractivity contribution >= 4 is 17.7 Å². The van der Waals surface area contributed by atoms with Crippen molar-refractivity contribution in [2.24, 2.45) is 0 Å². The van der Waals surface area contributed by atoms with E-state index in [1.165, 1.54) is 20.8 Å². The van der Waals surface area contributed by atoms with E-state index in [1.54, 1.807) is 0 Å². The summed E-state index contributed by atoms with van der Waals surface area (Å²) in [4.78, 5) is 40.4. The van der Waals surface area contributed by atoms with Gasteiger partial charge in [0.2, 0.25) is 17.7 Å². The lowest BCUT2D eigenvalue weighted by Crippen LogP contribution is -2.71. The third-order valence-corrected chi connectivity index (χ3v) is 24.1. The Hall–Kier alpha value is -3.59. The first kappa shape index (κ1) is 105. The number of rotatable bonds is 31. The molecule has 0 radical (unpaired) electrons. The summed E-state index contributed by atoms with van der Waals surface area (Å²) >= 11 is 0. The minimum absolute atomic E-state index is 0.905. The Labute approximate surface area is 725 Å². The van der Waals surface area contributed by atoms with Crippen LogP contribution in [0.15, 0.2) is 0 Å². The molecule has 32 N–H and O–H groups in total. The third kappa shape index (κ3) is 22.5. The molecule has 0 aromatic rings. The quantitative estimate of drug-likeness (QED) is 0.0306. The van der Waals surface area contributed by atoms with Gasteiger partial charge < -0.3 is 264 Å². The van der Waals surface area contributed by atoms with E-state index in [2.05, 4.69) is 16.0 Å². The monoisotopic (exact) mass is 1880 g/mol. The van der Waals surface area contributed by atoms with Crippen LogP contribution in [-0.2, 0) is 114 Å². The number of carbonyl (C=O) groups excluding carboxylic acids is 3. The van der Waals surface area contributed by atoms with Crippen LogP contribution in [0.1, 0.15) is 41.5 Å². The third-order valence-electron chi connectivity index (χ3n) is 24.1. The molecule has 742 valence electrons. The van der Waals surface area contributed by atoms with Crippen molar-refractivity contribution < 1.29 is 262 Å². The number of hydrogen-bond donors (Lipinski definition) is 32. The summed E-state index contributed by atoms with van der Waals surface area (Å²) in [7, 11) is 0. The fourth-order valence-corrected chi connectivity index (χ4v) is 16.8. The zero-order valence-corrected chi connectivity index (χ0v) is 69.2. The molecule has 0 aliphatic carbocycles. The van der Waals surface area contributed by atoms with Crippen molar-refractivity contribution in [3.05, 3.63) is 0 Å². The fraction of sp³-hybridized carbons (Fsp3) is 0.958. The van der Waals surface area contributed by atoms with Gasteiger partial charge in [-0.2, -0.15) is 0 Å². The first-order valence-corrected chi connectivity index (χ1v) is 41.2. The molecular weight excluding hydrogens is 1750 g/mol. The van der Waals surface area contributed by atoms with Gasteiger partial charge in [0.25, 0.3) is 0 Å². The van der Waals surface area contributed by atoms with Crippen molar-refractivity contribution in [1.29, 1.82) is 0 Å². The van der Waals surface area contributed by atoms with Crippen LogP contribution < -0.4 is 16.0 Å². The standard InChI is InChI=1S/C72H121N3O53/c1-15-32(86)41(95)48(102)66(109-15)124-57-31(75-20(6)85)63(118-27(13-82)54(57)121-69-51(105)58(39(93)25(11-80)115-69)125-64-29(73-18(4)83)55(37(91)23(9-78)113-64)122-71-60(44(98)35(89)21(7-76)116-71)127-67-49(103)42(96)33(87)16(2)110-67)108-14-28-40(94)59(52(106)70(119-28)120-53-26(12-81)112-62(107)47(101)46(53)100)126-65-30(74-19(5)84)56(38(92)24(10-79)114-65)123-72-61(45(99)36(90)22(8-77)117-72)128-68-50(104)43(97)34(88)17(3)111-68/h15-17,21-72,76-82,86-107H,7-14H2,1-6H3,(H,73,83)(H,74,84)(H,75,85)/t15-,16-,17-,21+,22+,23+,24+,25+,26+,27+,28+,29+,30+,31+,32+,33+,34+,35-,36-,37+,38+,39-,40-,41+,42+,43+,44-,45-,46+,47+,48-,49-,50-,51+,52+,53+,54+,55+,56+,57+,58-,59-,60+,61+,62-,63+,64-,65-,66-,67-,68-,69-,70-,71-,72-/m0/s1. The number of aliphatic hydroxyl groups excluding tert-OH is 29. The summed E-state index contributed by atoms with van der Waals surface area (Å²) in [6, 6.07) is -6.08. The lowest BCUT2D eigenvalue weighted by Gasteiger charge is -2.52. The fourth-order valence-electron chi connectivity index (χ4n) is 16.8. The summed E-state index contributed by atoms with van der Waals surface area (Å²) in [5.74, 6) is -3.04. The molecule has 11 aliphatic heterocycles. The first-order chi connectivity index (χ1) is 60.5. The highest BCUT2D eigenvalue weighted by Crippen LogP contribution is 2.42. The molecule has 0 aromatic carbocycles. The zero-order valence-electron chi connectivity index (χ0n) is 69.2. The molecule has 0 saturated carbocycles. The maximum atomic E-state index is 13.7. The molecule has 55 atom stereocenters. The predicted molar refractivity (Wildman–Crippen MR) is 393 cm³/mol. The Morgan fingerprint density at radius 2 is 0.477 bits per heavy atom. The lowest BCUT2D eigenvalue weighted by molar-refractivity contribution is -0.395. The Morgan fingerprint density at radius 1 is 0.219 bits per heavy atom. The van der Waals surface area contributed by atoms with E-state index >= 15 is 0 Å². The predicted octanol–water partition coefficient (Wildman–Crippen LogP) is -21.5. The maximum Gasteiger partial charge on any atom is 0.217 e. The van der Waals surface area contributed by atoms with E-state index < -0.39 is 408 Å². The van der Waals surface area contributed by atoms with Crippen LogP contribution in [0.25, 0.3) is 0 Å². The number of aliphatic hydroxyl groups is 29. The van der Waals surface area contributed by atoms with Crippen LogP contribution >= 0.6 is 0 Å². The topological polar surface area (TPSA) is 868 Å². The largest absolute Gasteiger partial charge is 0.394 e. The van der Waals surface area contributed by atoms with Crippen molar-refractivity contribution in [3.8, 4) is 0 Å². The van der Waals surface area contributed by atoms with Gasteiger partial charge in [0, 0.05) is 20.8 Å². The number of ether oxygens (including phenoxy) is 21. The number of nitrogens with one attached hydrogen (secondary N) is 3. The molecule has 11 saturated heterocycles. The van der Waals surface area contributed by atoms with E-state index in [-0.39, 0.29) is 0 Å². The summed E-state index contributed by atoms with van der Waals surface area (Å²) < 4.78 is 126. The van der Waals surface area contributed by atoms with Crippen molar-refractivity contribution in [3.63, 3.8) is 0 Å². The minimum atomic E-state index is -2.51. The molecule has 11 heterocycles. The van der Waals surface area contributed by atoms with Gasteiger partial charge in [-0.1, -0.05) is 0 Å². The minimum Gasteiger partial charge on any atom is -0.394 e. The Bertz CT molecular complexity index is 3460. The van der Waals surface area contributed by atoms with E-state index in [1.807, 2.05) is 0 Å². The second kappa shape index (κ2) is 45.1. The van der Waals surface area contributed by atoms with Gasteiger partial charge in [0.1, 0.15) is 250 Å². The number of carbonyl (C=O) groups is 3. The van der Waals surface area contributed by atoms with Crippen LogP contribution in [0.5, 0.6) is 0 Å². The molecule has 56 heteroatoms. The van der Waals surface area contributed by atoms with Gasteiger partial charge in [0.15, 0.2) is 69.2 Å². The van der Waals surface area contributed by atoms with E-state index in [4.69, 9.17) is 99.5 Å². The second-order valence-electron chi connectivity index (χ2n) is 33.0. The van der Waals surface area contributed by atoms with Gasteiger partial charge in [-0.25, -0.2) is 0 Å². The van der Waals surface area contributed by atoms with E-state index in [9.17, 15) is 162 Å². The molecular formula is C72H121N3O53. The Balaban J connectivity index is 0.908. The van der Waals surface area contributed by atoms with Gasteiger partial charge in [-0.3, -0.25) is 14.4 Å². The molecule has 128 heavy (non-hydrogen) atoms. The average Bonchev–Trinajstić information content (AvgIpc) is 0.759. The highest BCUT2D eigenvalue weighted by molar-refractivity contribution is 5.74. The van der Waals surface area contributed by atoms with Gasteiger partial charge >= 0.3 is 0 Å². The van der Waals surface area contributed by atoms with Gasteiger partial charge in [0.05, 0.1) is 71.2 Å². The number of hydrogen-bond acceptors (Lipinski definition) is 53. The first-order valence-electron chi connectivity index (χ1n) is 41.2. The second-order valence-corrected chi connectivity index (χ2v) is 33.0. The van der Waals surface area contributed by atoms with E-state index in [0.717, 1.165) is 20.8 Å². The number of amides is 3. The molecule has 0 aromatic heterocycles.